The Kier molecular flexibility index (Phi) is 7.70. The van der Waals surface area contributed by atoms with Crippen molar-refractivity contribution < 1.29 is 39.2 Å². The van der Waals surface area contributed by atoms with Gasteiger partial charge >= 0.3 is 17.8 Å². The molecule has 2 amide bonds. The Balaban J connectivity index is 1.84. The van der Waals surface area contributed by atoms with Gasteiger partial charge < -0.3 is 35.1 Å². The van der Waals surface area contributed by atoms with Crippen LogP contribution in [0.1, 0.15) is 12.8 Å². The quantitative estimate of drug-likeness (QED) is 0.107. The van der Waals surface area contributed by atoms with Crippen LogP contribution in [0.2, 0.25) is 0 Å². The molecule has 0 spiro atoms. The second kappa shape index (κ2) is 9.55. The van der Waals surface area contributed by atoms with Crippen LogP contribution in [0.4, 0.5) is 0 Å². The number of amides is 2. The number of esters is 1. The summed E-state index contributed by atoms with van der Waals surface area (Å²) in [5, 5.41) is 32.1. The van der Waals surface area contributed by atoms with Crippen molar-refractivity contribution in [2.24, 2.45) is 0 Å². The molecule has 2 fully saturated rings. The normalized spacial score (nSPS) is 30.7. The topological polar surface area (TPSA) is 153 Å². The van der Waals surface area contributed by atoms with Gasteiger partial charge in [0.05, 0.1) is 12.5 Å². The molecule has 146 valence electrons. The summed E-state index contributed by atoms with van der Waals surface area (Å²) >= 11 is 0. The van der Waals surface area contributed by atoms with E-state index in [2.05, 4.69) is 5.32 Å². The molecule has 2 aliphatic heterocycles. The Morgan fingerprint density at radius 3 is 2.54 bits per heavy atom. The summed E-state index contributed by atoms with van der Waals surface area (Å²) in [6, 6.07) is -1.15. The molecule has 2 rings (SSSR count). The number of fused-ring (bicyclic) bond motifs is 1. The van der Waals surface area contributed by atoms with Gasteiger partial charge in [-0.25, -0.2) is 0 Å². The Hall–Kier alpha value is -1.34. The van der Waals surface area contributed by atoms with Crippen LogP contribution in [0.3, 0.4) is 0 Å². The van der Waals surface area contributed by atoms with Crippen LogP contribution < -0.4 is 5.32 Å². The number of piperidine rings is 1. The first-order chi connectivity index (χ1) is 12.4. The van der Waals surface area contributed by atoms with E-state index in [1.165, 1.54) is 21.6 Å². The Bertz CT molecular complexity index is 563. The molecule has 12 heteroatoms. The zero-order valence-electron chi connectivity index (χ0n) is 13.6. The summed E-state index contributed by atoms with van der Waals surface area (Å²) in [6.07, 6.45) is -4.56. The number of ether oxygens (including phenoxy) is 1. The molecule has 0 aromatic heterocycles. The summed E-state index contributed by atoms with van der Waals surface area (Å²) in [5.74, 6) is -1.39. The van der Waals surface area contributed by atoms with Crippen molar-refractivity contribution in [3.63, 3.8) is 0 Å². The van der Waals surface area contributed by atoms with Crippen molar-refractivity contribution in [2.75, 3.05) is 18.1 Å². The minimum absolute atomic E-state index is 0.0846. The van der Waals surface area contributed by atoms with E-state index in [4.69, 9.17) is 4.74 Å². The van der Waals surface area contributed by atoms with E-state index in [-0.39, 0.29) is 6.42 Å². The Morgan fingerprint density at radius 1 is 1.15 bits per heavy atom. The standard InChI is InChI=1S/C14H20N2O8S2/c17-3-1-4-25-26-5-2-8(18)24-6-7-9(19)10(20)11(21)12-15-13(22)14(23)16(7)12/h3,7,9-12,19-21H,1-2,4-6H2,(H,15,22)/t7-,9-,10+,11+,12+/m1/s1. The molecule has 5 atom stereocenters. The van der Waals surface area contributed by atoms with Crippen LogP contribution in [-0.4, -0.2) is 92.9 Å². The molecule has 4 N–H and O–H groups in total. The van der Waals surface area contributed by atoms with E-state index in [9.17, 15) is 34.5 Å². The highest BCUT2D eigenvalue weighted by Crippen LogP contribution is 2.27. The molecule has 2 saturated heterocycles. The van der Waals surface area contributed by atoms with Gasteiger partial charge in [-0.1, -0.05) is 21.6 Å². The molecule has 0 saturated carbocycles. The molecule has 0 aliphatic carbocycles. The fourth-order valence-corrected chi connectivity index (χ4v) is 4.59. The van der Waals surface area contributed by atoms with E-state index < -0.39 is 54.9 Å². The lowest BCUT2D eigenvalue weighted by atomic mass is 9.92. The van der Waals surface area contributed by atoms with Gasteiger partial charge in [0.2, 0.25) is 0 Å². The van der Waals surface area contributed by atoms with Crippen molar-refractivity contribution in [2.45, 2.75) is 43.4 Å². The van der Waals surface area contributed by atoms with E-state index in [0.29, 0.717) is 17.9 Å². The van der Waals surface area contributed by atoms with Gasteiger partial charge in [0.25, 0.3) is 0 Å². The molecular formula is C14H20N2O8S2. The summed E-state index contributed by atoms with van der Waals surface area (Å²) in [4.78, 5) is 46.3. The summed E-state index contributed by atoms with van der Waals surface area (Å²) in [5.41, 5.74) is 0. The van der Waals surface area contributed by atoms with Gasteiger partial charge in [-0.05, 0) is 0 Å². The minimum Gasteiger partial charge on any atom is -0.463 e. The highest BCUT2D eigenvalue weighted by Gasteiger charge is 2.55. The zero-order valence-corrected chi connectivity index (χ0v) is 15.3. The maximum absolute atomic E-state index is 11.9. The Labute approximate surface area is 157 Å². The molecular weight excluding hydrogens is 388 g/mol. The number of hydrogen-bond donors (Lipinski definition) is 4. The molecule has 0 aromatic carbocycles. The van der Waals surface area contributed by atoms with Gasteiger partial charge in [-0.2, -0.15) is 0 Å². The highest BCUT2D eigenvalue weighted by atomic mass is 33.1. The average Bonchev–Trinajstić information content (AvgIpc) is 2.91. The number of rotatable bonds is 9. The first kappa shape index (κ1) is 21.0. The first-order valence-corrected chi connectivity index (χ1v) is 10.4. The minimum atomic E-state index is -1.60. The number of carbonyl (C=O) groups excluding carboxylic acids is 4. The van der Waals surface area contributed by atoms with Crippen LogP contribution in [0.25, 0.3) is 0 Å². The third-order valence-electron chi connectivity index (χ3n) is 3.99. The van der Waals surface area contributed by atoms with E-state index >= 15 is 0 Å². The maximum atomic E-state index is 11.9. The summed E-state index contributed by atoms with van der Waals surface area (Å²) in [7, 11) is 2.87. The smallest absolute Gasteiger partial charge is 0.314 e. The summed E-state index contributed by atoms with van der Waals surface area (Å²) < 4.78 is 5.05. The van der Waals surface area contributed by atoms with Crippen molar-refractivity contribution >= 4 is 45.7 Å². The second-order valence-corrected chi connectivity index (χ2v) is 8.40. The van der Waals surface area contributed by atoms with Gasteiger partial charge in [-0.3, -0.25) is 14.4 Å². The van der Waals surface area contributed by atoms with Crippen LogP contribution in [0, 0.1) is 0 Å². The van der Waals surface area contributed by atoms with Gasteiger partial charge in [0.1, 0.15) is 37.4 Å². The van der Waals surface area contributed by atoms with Gasteiger partial charge in [-0.15, -0.1) is 0 Å². The number of nitrogens with one attached hydrogen (secondary N) is 1. The lowest BCUT2D eigenvalue weighted by molar-refractivity contribution is -0.181. The van der Waals surface area contributed by atoms with Crippen LogP contribution >= 0.6 is 21.6 Å². The molecule has 0 aromatic rings. The molecule has 26 heavy (non-hydrogen) atoms. The lowest BCUT2D eigenvalue weighted by Crippen LogP contribution is -2.68. The lowest BCUT2D eigenvalue weighted by Gasteiger charge is -2.44. The van der Waals surface area contributed by atoms with Gasteiger partial charge in [0, 0.05) is 17.9 Å². The van der Waals surface area contributed by atoms with Crippen molar-refractivity contribution in [3.8, 4) is 0 Å². The molecule has 0 unspecified atom stereocenters. The number of carbonyl (C=O) groups is 4. The zero-order chi connectivity index (χ0) is 19.3. The summed E-state index contributed by atoms with van der Waals surface area (Å²) in [6.45, 7) is -0.413. The third-order valence-corrected chi connectivity index (χ3v) is 6.43. The van der Waals surface area contributed by atoms with Gasteiger partial charge in [0.15, 0.2) is 0 Å². The number of aliphatic hydroxyl groups is 3. The SMILES string of the molecule is O=CCCSSCCC(=O)OC[C@@H]1[C@@H](O)[C@H](O)[C@H](O)[C@H]2NC(=O)C(=O)N12. The van der Waals surface area contributed by atoms with Crippen LogP contribution in [0.15, 0.2) is 0 Å². The number of hydrogen-bond acceptors (Lipinski definition) is 10. The Morgan fingerprint density at radius 2 is 1.85 bits per heavy atom. The van der Waals surface area contributed by atoms with Crippen molar-refractivity contribution in [3.05, 3.63) is 0 Å². The van der Waals surface area contributed by atoms with Crippen LogP contribution in [-0.2, 0) is 23.9 Å². The maximum Gasteiger partial charge on any atom is 0.314 e. The molecule has 10 nitrogen and oxygen atoms in total. The largest absolute Gasteiger partial charge is 0.463 e. The average molecular weight is 408 g/mol. The van der Waals surface area contributed by atoms with Crippen molar-refractivity contribution in [1.82, 2.24) is 10.2 Å². The molecule has 0 radical (unpaired) electrons. The van der Waals surface area contributed by atoms with E-state index in [1.54, 1.807) is 0 Å². The molecule has 2 heterocycles. The van der Waals surface area contributed by atoms with E-state index in [0.717, 1.165) is 11.2 Å². The predicted molar refractivity (Wildman–Crippen MR) is 91.8 cm³/mol. The second-order valence-electron chi connectivity index (χ2n) is 5.70. The van der Waals surface area contributed by atoms with E-state index in [1.807, 2.05) is 0 Å². The highest BCUT2D eigenvalue weighted by molar-refractivity contribution is 8.76. The fourth-order valence-electron chi connectivity index (χ4n) is 2.67. The third kappa shape index (κ3) is 4.68. The number of aldehydes is 1. The number of nitrogens with zero attached hydrogens (tertiary/aromatic N) is 1. The van der Waals surface area contributed by atoms with Crippen molar-refractivity contribution in [1.29, 1.82) is 0 Å². The monoisotopic (exact) mass is 408 g/mol. The molecule has 0 bridgehead atoms. The molecule has 2 aliphatic rings. The van der Waals surface area contributed by atoms with Crippen LogP contribution in [0.5, 0.6) is 0 Å². The predicted octanol–water partition coefficient (Wildman–Crippen LogP) is -2.36. The fraction of sp³-hybridized carbons (Fsp3) is 0.714. The first-order valence-electron chi connectivity index (χ1n) is 7.89. The number of aliphatic hydroxyl groups excluding tert-OH is 3.